The lowest BCUT2D eigenvalue weighted by Gasteiger charge is -2.42. The summed E-state index contributed by atoms with van der Waals surface area (Å²) < 4.78 is 67.4. The Morgan fingerprint density at radius 3 is 2.59 bits per heavy atom. The van der Waals surface area contributed by atoms with Crippen LogP contribution < -0.4 is 10.1 Å². The monoisotopic (exact) mass is 394 g/mol. The van der Waals surface area contributed by atoms with E-state index in [9.17, 15) is 31.9 Å². The molecule has 1 aromatic heterocycles. The van der Waals surface area contributed by atoms with Crippen LogP contribution in [0.5, 0.6) is 5.88 Å². The fraction of sp³-hybridized carbons (Fsp3) is 0.647. The molecule has 27 heavy (non-hydrogen) atoms. The molecule has 1 amide bonds. The first kappa shape index (κ1) is 19.8. The third-order valence-corrected chi connectivity index (χ3v) is 4.58. The van der Waals surface area contributed by atoms with Gasteiger partial charge < -0.3 is 15.2 Å². The van der Waals surface area contributed by atoms with Crippen LogP contribution in [0.3, 0.4) is 0 Å². The van der Waals surface area contributed by atoms with E-state index in [0.717, 1.165) is 12.8 Å². The number of aromatic nitrogens is 1. The summed E-state index contributed by atoms with van der Waals surface area (Å²) in [6, 6.07) is 2.37. The Balaban J connectivity index is 1.63. The van der Waals surface area contributed by atoms with Crippen LogP contribution in [0.15, 0.2) is 18.3 Å². The number of aliphatic hydroxyl groups is 1. The number of nitrogens with zero attached hydrogens (tertiary/aromatic N) is 1. The summed E-state index contributed by atoms with van der Waals surface area (Å²) in [5.41, 5.74) is -1.20. The summed E-state index contributed by atoms with van der Waals surface area (Å²) in [7, 11) is 0. The summed E-state index contributed by atoms with van der Waals surface area (Å²) in [6.07, 6.45) is -3.56. The molecule has 0 aromatic carbocycles. The molecule has 1 aromatic rings. The number of pyridine rings is 1. The van der Waals surface area contributed by atoms with E-state index in [-0.39, 0.29) is 11.8 Å². The third-order valence-electron chi connectivity index (χ3n) is 4.58. The van der Waals surface area contributed by atoms with Crippen molar-refractivity contribution in [2.45, 2.75) is 55.8 Å². The molecule has 2 saturated carbocycles. The van der Waals surface area contributed by atoms with Crippen molar-refractivity contribution < 1.29 is 36.6 Å². The van der Waals surface area contributed by atoms with Crippen molar-refractivity contribution in [1.29, 1.82) is 0 Å². The van der Waals surface area contributed by atoms with E-state index in [1.165, 1.54) is 12.3 Å². The SMILES string of the molecule is O=C(CC1(O)CC(F)(F)C1)NC(c1ccnc(OCC(F)(F)F)c1)C1CC1. The molecule has 2 aliphatic carbocycles. The molecule has 1 atom stereocenters. The van der Waals surface area contributed by atoms with Crippen molar-refractivity contribution in [3.05, 3.63) is 23.9 Å². The first-order valence-corrected chi connectivity index (χ1v) is 8.50. The standard InChI is InChI=1S/C17H19F5N2O3/c18-16(19)7-15(26,8-16)6-12(25)24-14(10-1-2-10)11-3-4-23-13(5-11)27-9-17(20,21)22/h3-5,10,14,26H,1-2,6-9H2,(H,24,25). The van der Waals surface area contributed by atoms with E-state index in [1.54, 1.807) is 6.07 Å². The van der Waals surface area contributed by atoms with Crippen molar-refractivity contribution >= 4 is 5.91 Å². The lowest BCUT2D eigenvalue weighted by molar-refractivity contribution is -0.207. The largest absolute Gasteiger partial charge is 0.468 e. The minimum absolute atomic E-state index is 0.0873. The molecular formula is C17H19F5N2O3. The maximum absolute atomic E-state index is 13.0. The molecule has 0 bridgehead atoms. The Hall–Kier alpha value is -1.97. The molecule has 5 nitrogen and oxygen atoms in total. The number of halogens is 5. The predicted octanol–water partition coefficient (Wildman–Crippen LogP) is 3.14. The molecule has 2 aliphatic rings. The topological polar surface area (TPSA) is 71.5 Å². The van der Waals surface area contributed by atoms with Gasteiger partial charge in [-0.25, -0.2) is 13.8 Å². The van der Waals surface area contributed by atoms with E-state index in [1.807, 2.05) is 0 Å². The zero-order chi connectivity index (χ0) is 19.9. The molecule has 1 unspecified atom stereocenters. The molecule has 0 spiro atoms. The quantitative estimate of drug-likeness (QED) is 0.697. The van der Waals surface area contributed by atoms with Crippen LogP contribution in [-0.2, 0) is 4.79 Å². The molecule has 3 rings (SSSR count). The third kappa shape index (κ3) is 5.50. The van der Waals surface area contributed by atoms with Gasteiger partial charge in [-0.2, -0.15) is 13.2 Å². The lowest BCUT2D eigenvalue weighted by Crippen LogP contribution is -2.54. The van der Waals surface area contributed by atoms with Crippen molar-refractivity contribution in [3.63, 3.8) is 0 Å². The fourth-order valence-corrected chi connectivity index (χ4v) is 3.32. The molecule has 2 fully saturated rings. The van der Waals surface area contributed by atoms with Gasteiger partial charge in [0.15, 0.2) is 6.61 Å². The van der Waals surface area contributed by atoms with Crippen molar-refractivity contribution in [3.8, 4) is 5.88 Å². The van der Waals surface area contributed by atoms with Crippen molar-refractivity contribution in [1.82, 2.24) is 10.3 Å². The van der Waals surface area contributed by atoms with Crippen LogP contribution in [0.2, 0.25) is 0 Å². The first-order valence-electron chi connectivity index (χ1n) is 8.50. The molecule has 10 heteroatoms. The minimum Gasteiger partial charge on any atom is -0.468 e. The summed E-state index contributed by atoms with van der Waals surface area (Å²) in [4.78, 5) is 15.9. The second-order valence-corrected chi connectivity index (χ2v) is 7.32. The van der Waals surface area contributed by atoms with Gasteiger partial charge in [0, 0.05) is 25.1 Å². The fourth-order valence-electron chi connectivity index (χ4n) is 3.32. The number of rotatable bonds is 7. The smallest absolute Gasteiger partial charge is 0.422 e. The molecular weight excluding hydrogens is 375 g/mol. The van der Waals surface area contributed by atoms with Gasteiger partial charge in [0.05, 0.1) is 18.1 Å². The molecule has 0 saturated heterocycles. The summed E-state index contributed by atoms with van der Waals surface area (Å²) in [6.45, 7) is -1.48. The van der Waals surface area contributed by atoms with Gasteiger partial charge in [0.2, 0.25) is 11.8 Å². The molecule has 1 heterocycles. The molecule has 2 N–H and O–H groups in total. The average molecular weight is 394 g/mol. The number of carbonyl (C=O) groups excluding carboxylic acids is 1. The highest BCUT2D eigenvalue weighted by atomic mass is 19.4. The van der Waals surface area contributed by atoms with Gasteiger partial charge in [0.25, 0.3) is 5.92 Å². The molecule has 0 radical (unpaired) electrons. The average Bonchev–Trinajstić information content (AvgIpc) is 3.32. The lowest BCUT2D eigenvalue weighted by atomic mass is 9.74. The van der Waals surface area contributed by atoms with Crippen LogP contribution in [-0.4, -0.2) is 40.3 Å². The number of alkyl halides is 5. The Morgan fingerprint density at radius 1 is 1.37 bits per heavy atom. The molecule has 0 aliphatic heterocycles. The number of amides is 1. The van der Waals surface area contributed by atoms with Crippen molar-refractivity contribution in [2.75, 3.05) is 6.61 Å². The van der Waals surface area contributed by atoms with Crippen LogP contribution in [0.1, 0.15) is 43.7 Å². The summed E-state index contributed by atoms with van der Waals surface area (Å²) in [5, 5.41) is 12.7. The van der Waals surface area contributed by atoms with Crippen LogP contribution >= 0.6 is 0 Å². The van der Waals surface area contributed by atoms with E-state index in [2.05, 4.69) is 15.0 Å². The van der Waals surface area contributed by atoms with Gasteiger partial charge in [-0.1, -0.05) is 0 Å². The summed E-state index contributed by atoms with van der Waals surface area (Å²) in [5.74, 6) is -3.67. The van der Waals surface area contributed by atoms with Gasteiger partial charge >= 0.3 is 6.18 Å². The number of nitrogens with one attached hydrogen (secondary N) is 1. The predicted molar refractivity (Wildman–Crippen MR) is 83.1 cm³/mol. The van der Waals surface area contributed by atoms with E-state index < -0.39 is 55.5 Å². The van der Waals surface area contributed by atoms with Crippen LogP contribution in [0, 0.1) is 5.92 Å². The second-order valence-electron chi connectivity index (χ2n) is 7.32. The Labute approximate surface area is 151 Å². The molecule has 150 valence electrons. The second kappa shape index (κ2) is 6.88. The van der Waals surface area contributed by atoms with Crippen LogP contribution in [0.4, 0.5) is 22.0 Å². The Kier molecular flexibility index (Phi) is 5.04. The maximum atomic E-state index is 13.0. The van der Waals surface area contributed by atoms with Crippen molar-refractivity contribution in [2.24, 2.45) is 5.92 Å². The highest BCUT2D eigenvalue weighted by molar-refractivity contribution is 5.78. The highest BCUT2D eigenvalue weighted by Crippen LogP contribution is 2.47. The van der Waals surface area contributed by atoms with Gasteiger partial charge in [-0.15, -0.1) is 0 Å². The Bertz CT molecular complexity index is 698. The van der Waals surface area contributed by atoms with Gasteiger partial charge in [-0.3, -0.25) is 4.79 Å². The van der Waals surface area contributed by atoms with E-state index >= 15 is 0 Å². The zero-order valence-electron chi connectivity index (χ0n) is 14.2. The van der Waals surface area contributed by atoms with E-state index in [0.29, 0.717) is 5.56 Å². The zero-order valence-corrected chi connectivity index (χ0v) is 14.2. The van der Waals surface area contributed by atoms with Gasteiger partial charge in [-0.05, 0) is 30.4 Å². The number of hydrogen-bond donors (Lipinski definition) is 2. The van der Waals surface area contributed by atoms with Crippen LogP contribution in [0.25, 0.3) is 0 Å². The number of ether oxygens (including phenoxy) is 1. The minimum atomic E-state index is -4.50. The number of hydrogen-bond acceptors (Lipinski definition) is 4. The first-order chi connectivity index (χ1) is 12.4. The Morgan fingerprint density at radius 2 is 2.04 bits per heavy atom. The normalized spacial score (nSPS) is 21.9. The maximum Gasteiger partial charge on any atom is 0.422 e. The van der Waals surface area contributed by atoms with Gasteiger partial charge in [0.1, 0.15) is 0 Å². The highest BCUT2D eigenvalue weighted by Gasteiger charge is 2.56. The number of carbonyl (C=O) groups is 1. The van der Waals surface area contributed by atoms with E-state index in [4.69, 9.17) is 0 Å². The summed E-state index contributed by atoms with van der Waals surface area (Å²) >= 11 is 0.